The van der Waals surface area contributed by atoms with Gasteiger partial charge >= 0.3 is 12.0 Å². The van der Waals surface area contributed by atoms with E-state index >= 15 is 0 Å². The van der Waals surface area contributed by atoms with Gasteiger partial charge in [-0.1, -0.05) is 17.7 Å². The van der Waals surface area contributed by atoms with Crippen LogP contribution in [0.25, 0.3) is 6.08 Å². The Bertz CT molecular complexity index is 1080. The van der Waals surface area contributed by atoms with Crippen molar-refractivity contribution in [3.8, 4) is 11.5 Å². The molecule has 3 rings (SSSR count). The minimum absolute atomic E-state index is 0.250. The summed E-state index contributed by atoms with van der Waals surface area (Å²) in [4.78, 5) is 49.5. The third kappa shape index (κ3) is 4.84. The second-order valence-corrected chi connectivity index (χ2v) is 6.65. The van der Waals surface area contributed by atoms with Crippen LogP contribution in [-0.2, 0) is 19.1 Å². The number of imide groups is 2. The Morgan fingerprint density at radius 2 is 1.77 bits per heavy atom. The van der Waals surface area contributed by atoms with Gasteiger partial charge < -0.3 is 14.2 Å². The molecule has 0 radical (unpaired) electrons. The Kier molecular flexibility index (Phi) is 6.56. The number of nitrogens with one attached hydrogen (secondary N) is 1. The van der Waals surface area contributed by atoms with E-state index in [4.69, 9.17) is 21.1 Å². The van der Waals surface area contributed by atoms with Crippen LogP contribution in [0.4, 0.5) is 10.5 Å². The summed E-state index contributed by atoms with van der Waals surface area (Å²) in [7, 11) is 2.64. The van der Waals surface area contributed by atoms with Gasteiger partial charge in [-0.05, 0) is 48.0 Å². The molecule has 2 aromatic rings. The van der Waals surface area contributed by atoms with Gasteiger partial charge in [0.25, 0.3) is 11.8 Å². The smallest absolute Gasteiger partial charge is 0.343 e. The molecule has 1 aliphatic rings. The maximum Gasteiger partial charge on any atom is 0.343 e. The number of benzene rings is 2. The third-order valence-electron chi connectivity index (χ3n) is 4.26. The number of carbonyl (C=O) groups excluding carboxylic acids is 4. The summed E-state index contributed by atoms with van der Waals surface area (Å²) in [5.41, 5.74) is 0.445. The molecule has 0 aliphatic carbocycles. The van der Waals surface area contributed by atoms with E-state index in [1.807, 2.05) is 0 Å². The second-order valence-electron chi connectivity index (χ2n) is 6.21. The molecule has 10 heteroatoms. The summed E-state index contributed by atoms with van der Waals surface area (Å²) in [6.07, 6.45) is 1.32. The number of rotatable bonds is 6. The number of methoxy groups -OCH3 is 2. The normalized spacial score (nSPS) is 15.0. The lowest BCUT2D eigenvalue weighted by molar-refractivity contribution is -0.143. The van der Waals surface area contributed by atoms with Crippen molar-refractivity contribution in [2.75, 3.05) is 25.7 Å². The van der Waals surface area contributed by atoms with Gasteiger partial charge in [0.05, 0.1) is 19.9 Å². The molecule has 1 fully saturated rings. The van der Waals surface area contributed by atoms with Crippen molar-refractivity contribution in [1.82, 2.24) is 5.32 Å². The molecule has 0 unspecified atom stereocenters. The number of anilines is 1. The lowest BCUT2D eigenvalue weighted by Gasteiger charge is -2.26. The summed E-state index contributed by atoms with van der Waals surface area (Å²) >= 11 is 5.85. The van der Waals surface area contributed by atoms with Crippen molar-refractivity contribution in [1.29, 1.82) is 0 Å². The lowest BCUT2D eigenvalue weighted by atomic mass is 10.1. The number of ether oxygens (including phenoxy) is 3. The number of halogens is 1. The van der Waals surface area contributed by atoms with Gasteiger partial charge in [0, 0.05) is 5.02 Å². The van der Waals surface area contributed by atoms with E-state index in [1.165, 1.54) is 56.7 Å². The standard InChI is InChI=1S/C21H17ClN2O7/c1-29-17-10-12(3-8-16(17)31-11-18(25)30-2)9-15-19(26)23-21(28)24(20(15)27)14-6-4-13(22)5-7-14/h3-10H,11H2,1-2H3,(H,23,26,28)/b15-9+. The van der Waals surface area contributed by atoms with Crippen molar-refractivity contribution in [3.63, 3.8) is 0 Å². The number of nitrogens with zero attached hydrogens (tertiary/aromatic N) is 1. The Hall–Kier alpha value is -3.85. The third-order valence-corrected chi connectivity index (χ3v) is 4.51. The Morgan fingerprint density at radius 1 is 1.06 bits per heavy atom. The van der Waals surface area contributed by atoms with Crippen LogP contribution in [0.15, 0.2) is 48.0 Å². The Balaban J connectivity index is 1.91. The van der Waals surface area contributed by atoms with Crippen molar-refractivity contribution in [2.24, 2.45) is 0 Å². The van der Waals surface area contributed by atoms with Crippen LogP contribution < -0.4 is 19.7 Å². The number of hydrogen-bond acceptors (Lipinski definition) is 7. The molecule has 1 aliphatic heterocycles. The maximum absolute atomic E-state index is 12.9. The number of esters is 1. The number of urea groups is 1. The predicted molar refractivity (Wildman–Crippen MR) is 111 cm³/mol. The van der Waals surface area contributed by atoms with Gasteiger partial charge in [0.1, 0.15) is 5.57 Å². The van der Waals surface area contributed by atoms with E-state index in [2.05, 4.69) is 10.1 Å². The van der Waals surface area contributed by atoms with Crippen LogP contribution in [-0.4, -0.2) is 44.6 Å². The molecule has 4 amide bonds. The lowest BCUT2D eigenvalue weighted by Crippen LogP contribution is -2.54. The van der Waals surface area contributed by atoms with E-state index in [-0.39, 0.29) is 29.4 Å². The average Bonchev–Trinajstić information content (AvgIpc) is 2.76. The number of amides is 4. The molecule has 9 nitrogen and oxygen atoms in total. The van der Waals surface area contributed by atoms with E-state index in [0.29, 0.717) is 10.6 Å². The summed E-state index contributed by atoms with van der Waals surface area (Å²) in [6, 6.07) is 9.76. The molecule has 1 heterocycles. The average molecular weight is 445 g/mol. The fraction of sp³-hybridized carbons (Fsp3) is 0.143. The highest BCUT2D eigenvalue weighted by Gasteiger charge is 2.36. The Morgan fingerprint density at radius 3 is 2.42 bits per heavy atom. The van der Waals surface area contributed by atoms with Crippen molar-refractivity contribution in [2.45, 2.75) is 0 Å². The van der Waals surface area contributed by atoms with E-state index in [0.717, 1.165) is 4.90 Å². The van der Waals surface area contributed by atoms with Crippen LogP contribution >= 0.6 is 11.6 Å². The van der Waals surface area contributed by atoms with Gasteiger partial charge in [-0.2, -0.15) is 0 Å². The van der Waals surface area contributed by atoms with Crippen molar-refractivity contribution in [3.05, 3.63) is 58.6 Å². The van der Waals surface area contributed by atoms with Gasteiger partial charge in [-0.3, -0.25) is 14.9 Å². The second kappa shape index (κ2) is 9.31. The van der Waals surface area contributed by atoms with Gasteiger partial charge in [-0.25, -0.2) is 14.5 Å². The highest BCUT2D eigenvalue weighted by Crippen LogP contribution is 2.30. The van der Waals surface area contributed by atoms with Crippen LogP contribution in [0.5, 0.6) is 11.5 Å². The number of carbonyl (C=O) groups is 4. The SMILES string of the molecule is COC(=O)COc1ccc(/C=C2\C(=O)NC(=O)N(c3ccc(Cl)cc3)C2=O)cc1OC. The molecule has 0 atom stereocenters. The first-order valence-corrected chi connectivity index (χ1v) is 9.26. The molecule has 0 spiro atoms. The van der Waals surface area contributed by atoms with E-state index in [1.54, 1.807) is 6.07 Å². The van der Waals surface area contributed by atoms with Crippen molar-refractivity contribution < 1.29 is 33.4 Å². The summed E-state index contributed by atoms with van der Waals surface area (Å²) in [5.74, 6) is -1.64. The zero-order valence-corrected chi connectivity index (χ0v) is 17.3. The zero-order chi connectivity index (χ0) is 22.5. The molecule has 160 valence electrons. The molecule has 0 bridgehead atoms. The summed E-state index contributed by atoms with van der Waals surface area (Å²) in [6.45, 7) is -0.313. The fourth-order valence-corrected chi connectivity index (χ4v) is 2.86. The molecule has 0 saturated carbocycles. The largest absolute Gasteiger partial charge is 0.493 e. The van der Waals surface area contributed by atoms with Gasteiger partial charge in [-0.15, -0.1) is 0 Å². The molecular formula is C21H17ClN2O7. The zero-order valence-electron chi connectivity index (χ0n) is 16.5. The van der Waals surface area contributed by atoms with E-state index in [9.17, 15) is 19.2 Å². The van der Waals surface area contributed by atoms with Gasteiger partial charge in [0.2, 0.25) is 0 Å². The topological polar surface area (TPSA) is 111 Å². The molecule has 0 aromatic heterocycles. The summed E-state index contributed by atoms with van der Waals surface area (Å²) < 4.78 is 15.1. The molecule has 1 N–H and O–H groups in total. The summed E-state index contributed by atoms with van der Waals surface area (Å²) in [5, 5.41) is 2.57. The van der Waals surface area contributed by atoms with Crippen LogP contribution in [0.3, 0.4) is 0 Å². The first kappa shape index (κ1) is 21.8. The molecule has 31 heavy (non-hydrogen) atoms. The molecule has 1 saturated heterocycles. The minimum Gasteiger partial charge on any atom is -0.493 e. The van der Waals surface area contributed by atoms with Crippen LogP contribution in [0.1, 0.15) is 5.56 Å². The first-order chi connectivity index (χ1) is 14.8. The number of hydrogen-bond donors (Lipinski definition) is 1. The highest BCUT2D eigenvalue weighted by atomic mass is 35.5. The highest BCUT2D eigenvalue weighted by molar-refractivity contribution is 6.39. The predicted octanol–water partition coefficient (Wildman–Crippen LogP) is 2.57. The molecule has 2 aromatic carbocycles. The quantitative estimate of drug-likeness (QED) is 0.414. The Labute approximate surface area is 182 Å². The van der Waals surface area contributed by atoms with Crippen LogP contribution in [0.2, 0.25) is 5.02 Å². The first-order valence-electron chi connectivity index (χ1n) is 8.88. The monoisotopic (exact) mass is 444 g/mol. The maximum atomic E-state index is 12.9. The molecular weight excluding hydrogens is 428 g/mol. The fourth-order valence-electron chi connectivity index (χ4n) is 2.74. The van der Waals surface area contributed by atoms with Gasteiger partial charge in [0.15, 0.2) is 18.1 Å². The minimum atomic E-state index is -0.862. The van der Waals surface area contributed by atoms with Crippen LogP contribution in [0, 0.1) is 0 Å². The van der Waals surface area contributed by atoms with Crippen molar-refractivity contribution >= 4 is 47.2 Å². The number of barbiturate groups is 1. The van der Waals surface area contributed by atoms with E-state index < -0.39 is 23.8 Å².